The number of rotatable bonds is 8. The molecule has 39 heavy (non-hydrogen) atoms. The van der Waals surface area contributed by atoms with E-state index in [9.17, 15) is 14.4 Å². The maximum Gasteiger partial charge on any atom is 0.324 e. The van der Waals surface area contributed by atoms with Crippen LogP contribution >= 0.6 is 0 Å². The molecule has 2 aliphatic heterocycles. The van der Waals surface area contributed by atoms with Crippen LogP contribution in [0.4, 0.5) is 21.9 Å². The highest BCUT2D eigenvalue weighted by atomic mass is 16.5. The predicted octanol–water partition coefficient (Wildman–Crippen LogP) is 4.57. The van der Waals surface area contributed by atoms with Crippen LogP contribution in [0, 0.1) is 0 Å². The summed E-state index contributed by atoms with van der Waals surface area (Å²) in [5.41, 5.74) is 5.12. The molecule has 4 amide bonds. The average Bonchev–Trinajstić information content (AvgIpc) is 3.17. The summed E-state index contributed by atoms with van der Waals surface area (Å²) in [5.74, 6) is 0.240. The second-order valence-corrected chi connectivity index (χ2v) is 9.75. The van der Waals surface area contributed by atoms with Crippen molar-refractivity contribution in [3.63, 3.8) is 0 Å². The van der Waals surface area contributed by atoms with Gasteiger partial charge in [0.1, 0.15) is 5.75 Å². The molecular formula is C30H33N5O4. The number of urea groups is 1. The van der Waals surface area contributed by atoms with E-state index >= 15 is 0 Å². The zero-order valence-corrected chi connectivity index (χ0v) is 22.2. The maximum atomic E-state index is 13.8. The van der Waals surface area contributed by atoms with Crippen molar-refractivity contribution >= 4 is 34.9 Å². The summed E-state index contributed by atoms with van der Waals surface area (Å²) >= 11 is 0. The number of hydrogen-bond acceptors (Lipinski definition) is 6. The van der Waals surface area contributed by atoms with Gasteiger partial charge >= 0.3 is 6.03 Å². The number of benzene rings is 3. The Morgan fingerprint density at radius 1 is 1.08 bits per heavy atom. The molecule has 0 radical (unpaired) electrons. The zero-order valence-electron chi connectivity index (χ0n) is 22.2. The topological polar surface area (TPSA) is 103 Å². The average molecular weight is 528 g/mol. The highest BCUT2D eigenvalue weighted by Gasteiger charge is 2.28. The van der Waals surface area contributed by atoms with Gasteiger partial charge in [0.2, 0.25) is 5.91 Å². The van der Waals surface area contributed by atoms with Gasteiger partial charge in [0.05, 0.1) is 24.5 Å². The van der Waals surface area contributed by atoms with E-state index in [0.29, 0.717) is 24.3 Å². The molecule has 3 aromatic rings. The Kier molecular flexibility index (Phi) is 7.67. The van der Waals surface area contributed by atoms with E-state index in [1.54, 1.807) is 6.07 Å². The van der Waals surface area contributed by atoms with Crippen LogP contribution in [0.3, 0.4) is 0 Å². The highest BCUT2D eigenvalue weighted by molar-refractivity contribution is 6.08. The molecule has 202 valence electrons. The smallest absolute Gasteiger partial charge is 0.324 e. The number of carbonyl (C=O) groups excluding carboxylic acids is 3. The Labute approximate surface area is 228 Å². The van der Waals surface area contributed by atoms with Gasteiger partial charge in [-0.2, -0.15) is 0 Å². The van der Waals surface area contributed by atoms with Crippen LogP contribution < -0.4 is 25.6 Å². The minimum Gasteiger partial charge on any atom is -0.493 e. The molecule has 0 unspecified atom stereocenters. The maximum absolute atomic E-state index is 13.8. The number of fused-ring (bicyclic) bond motifs is 1. The Balaban J connectivity index is 1.41. The number of hydrogen-bond donors (Lipinski definition) is 3. The molecular weight excluding hydrogens is 494 g/mol. The lowest BCUT2D eigenvalue weighted by Gasteiger charge is -2.23. The van der Waals surface area contributed by atoms with E-state index < -0.39 is 0 Å². The number of carbonyl (C=O) groups is 3. The fourth-order valence-electron chi connectivity index (χ4n) is 4.89. The van der Waals surface area contributed by atoms with Gasteiger partial charge in [-0.1, -0.05) is 24.3 Å². The van der Waals surface area contributed by atoms with E-state index in [-0.39, 0.29) is 43.6 Å². The summed E-state index contributed by atoms with van der Waals surface area (Å²) < 4.78 is 6.20. The summed E-state index contributed by atoms with van der Waals surface area (Å²) in [6, 6.07) is 21.3. The van der Waals surface area contributed by atoms with Gasteiger partial charge in [-0.15, -0.1) is 0 Å². The molecule has 0 aliphatic carbocycles. The molecule has 2 heterocycles. The summed E-state index contributed by atoms with van der Waals surface area (Å²) in [4.78, 5) is 40.6. The Hall–Kier alpha value is -4.53. The van der Waals surface area contributed by atoms with Gasteiger partial charge in [-0.3, -0.25) is 14.5 Å². The predicted molar refractivity (Wildman–Crippen MR) is 152 cm³/mol. The van der Waals surface area contributed by atoms with Crippen molar-refractivity contribution in [2.45, 2.75) is 25.8 Å². The second-order valence-electron chi connectivity index (χ2n) is 9.75. The molecule has 1 saturated heterocycles. The summed E-state index contributed by atoms with van der Waals surface area (Å²) in [5, 5.41) is 9.14. The summed E-state index contributed by atoms with van der Waals surface area (Å²) in [7, 11) is 1.87. The number of imide groups is 1. The first-order chi connectivity index (χ1) is 18.9. The van der Waals surface area contributed by atoms with Crippen molar-refractivity contribution in [3.05, 3.63) is 72.3 Å². The van der Waals surface area contributed by atoms with Crippen LogP contribution in [-0.2, 0) is 4.79 Å². The summed E-state index contributed by atoms with van der Waals surface area (Å²) in [6.45, 7) is 3.30. The van der Waals surface area contributed by atoms with E-state index in [1.807, 2.05) is 72.6 Å². The summed E-state index contributed by atoms with van der Waals surface area (Å²) in [6.07, 6.45) is 1.29. The molecule has 3 N–H and O–H groups in total. The third kappa shape index (κ3) is 5.67. The normalized spacial score (nSPS) is 16.7. The Bertz CT molecular complexity index is 1360. The van der Waals surface area contributed by atoms with Crippen molar-refractivity contribution < 1.29 is 19.1 Å². The van der Waals surface area contributed by atoms with Crippen LogP contribution in [0.2, 0.25) is 0 Å². The van der Waals surface area contributed by atoms with Crippen molar-refractivity contribution in [2.75, 3.05) is 48.8 Å². The van der Waals surface area contributed by atoms with E-state index in [2.05, 4.69) is 22.9 Å². The molecule has 0 spiro atoms. The second kappa shape index (κ2) is 11.5. The third-order valence-corrected chi connectivity index (χ3v) is 7.06. The van der Waals surface area contributed by atoms with Crippen LogP contribution in [0.1, 0.15) is 30.1 Å². The molecule has 5 rings (SSSR count). The minimum atomic E-state index is -0.376. The monoisotopic (exact) mass is 527 g/mol. The van der Waals surface area contributed by atoms with Crippen molar-refractivity contribution in [1.29, 1.82) is 0 Å². The van der Waals surface area contributed by atoms with E-state index in [4.69, 9.17) is 4.74 Å². The van der Waals surface area contributed by atoms with E-state index in [0.717, 1.165) is 34.6 Å². The molecule has 0 aromatic heterocycles. The molecule has 3 aromatic carbocycles. The van der Waals surface area contributed by atoms with Crippen molar-refractivity contribution in [3.8, 4) is 16.9 Å². The van der Waals surface area contributed by atoms with Crippen LogP contribution in [0.15, 0.2) is 66.7 Å². The standard InChI is InChI=1S/C30H33N5O4/c1-20-14-16-34(26-7-4-3-6-25(26)33-20)29(37)22-10-13-24(21-8-11-23(31-2)12-9-21)27(18-22)39-17-5-15-35-28(36)19-32-30(35)38/h3-4,6-13,18,20,31,33H,5,14-17,19H2,1-2H3,(H,32,38)/t20-/m0/s1. The van der Waals surface area contributed by atoms with Crippen LogP contribution in [-0.4, -0.2) is 62.1 Å². The number of nitrogens with one attached hydrogen (secondary N) is 3. The van der Waals surface area contributed by atoms with Crippen molar-refractivity contribution in [1.82, 2.24) is 10.2 Å². The third-order valence-electron chi connectivity index (χ3n) is 7.06. The molecule has 2 aliphatic rings. The Morgan fingerprint density at radius 3 is 2.62 bits per heavy atom. The molecule has 9 heteroatoms. The van der Waals surface area contributed by atoms with Gasteiger partial charge in [-0.05, 0) is 67.8 Å². The first-order valence-electron chi connectivity index (χ1n) is 13.3. The van der Waals surface area contributed by atoms with Crippen LogP contribution in [0.5, 0.6) is 5.75 Å². The van der Waals surface area contributed by atoms with Gasteiger partial charge < -0.3 is 25.6 Å². The quantitative estimate of drug-likeness (QED) is 0.293. The SMILES string of the molecule is CNc1ccc(-c2ccc(C(=O)N3CC[C@H](C)Nc4ccccc43)cc2OCCCN2C(=O)CNC2=O)cc1. The van der Waals surface area contributed by atoms with Gasteiger partial charge in [-0.25, -0.2) is 4.79 Å². The Morgan fingerprint density at radius 2 is 1.87 bits per heavy atom. The van der Waals surface area contributed by atoms with Gasteiger partial charge in [0.15, 0.2) is 0 Å². The first-order valence-corrected chi connectivity index (χ1v) is 13.3. The molecule has 1 atom stereocenters. The first kappa shape index (κ1) is 26.1. The molecule has 0 saturated carbocycles. The number of amides is 4. The van der Waals surface area contributed by atoms with Gasteiger partial charge in [0, 0.05) is 43.0 Å². The van der Waals surface area contributed by atoms with Crippen molar-refractivity contribution in [2.24, 2.45) is 0 Å². The lowest BCUT2D eigenvalue weighted by atomic mass is 10.0. The molecule has 9 nitrogen and oxygen atoms in total. The fourth-order valence-corrected chi connectivity index (χ4v) is 4.89. The molecule has 0 bridgehead atoms. The number of para-hydroxylation sites is 2. The lowest BCUT2D eigenvalue weighted by molar-refractivity contribution is -0.125. The molecule has 1 fully saturated rings. The van der Waals surface area contributed by atoms with Gasteiger partial charge in [0.25, 0.3) is 5.91 Å². The van der Waals surface area contributed by atoms with Crippen LogP contribution in [0.25, 0.3) is 11.1 Å². The van der Waals surface area contributed by atoms with E-state index in [1.165, 1.54) is 4.90 Å². The lowest BCUT2D eigenvalue weighted by Crippen LogP contribution is -2.32. The number of nitrogens with zero attached hydrogens (tertiary/aromatic N) is 2. The zero-order chi connectivity index (χ0) is 27.4. The number of ether oxygens (including phenoxy) is 1. The largest absolute Gasteiger partial charge is 0.493 e. The number of anilines is 3. The highest BCUT2D eigenvalue weighted by Crippen LogP contribution is 2.35. The fraction of sp³-hybridized carbons (Fsp3) is 0.300. The minimum absolute atomic E-state index is 0.0323.